The van der Waals surface area contributed by atoms with E-state index in [0.717, 1.165) is 24.8 Å². The Labute approximate surface area is 180 Å². The molecule has 0 fully saturated rings. The first-order valence-corrected chi connectivity index (χ1v) is 10.6. The molecule has 0 spiro atoms. The van der Waals surface area contributed by atoms with Gasteiger partial charge in [0, 0.05) is 11.9 Å². The van der Waals surface area contributed by atoms with E-state index in [9.17, 15) is 14.4 Å². The van der Waals surface area contributed by atoms with Gasteiger partial charge >= 0.3 is 5.97 Å². The molecule has 4 rings (SSSR count). The van der Waals surface area contributed by atoms with Gasteiger partial charge in [-0.1, -0.05) is 42.5 Å². The van der Waals surface area contributed by atoms with Crippen LogP contribution in [0.2, 0.25) is 0 Å². The lowest BCUT2D eigenvalue weighted by molar-refractivity contribution is -0.130. The summed E-state index contributed by atoms with van der Waals surface area (Å²) in [5, 5.41) is 7.99. The molecule has 160 valence electrons. The van der Waals surface area contributed by atoms with Crippen LogP contribution in [-0.4, -0.2) is 27.8 Å². The minimum absolute atomic E-state index is 0.0275. The molecule has 1 aliphatic rings. The molecule has 1 aliphatic carbocycles. The Morgan fingerprint density at radius 2 is 1.87 bits per heavy atom. The molecular formula is C24H25N3O4. The van der Waals surface area contributed by atoms with E-state index in [1.807, 2.05) is 18.2 Å². The molecule has 0 radical (unpaired) electrons. The minimum Gasteiger partial charge on any atom is -0.448 e. The van der Waals surface area contributed by atoms with E-state index in [-0.39, 0.29) is 23.2 Å². The molecule has 1 heterocycles. The third-order valence-electron chi connectivity index (χ3n) is 5.70. The predicted octanol–water partition coefficient (Wildman–Crippen LogP) is 3.16. The first-order chi connectivity index (χ1) is 15.0. The number of amides is 1. The van der Waals surface area contributed by atoms with Gasteiger partial charge in [-0.25, -0.2) is 9.48 Å². The van der Waals surface area contributed by atoms with Gasteiger partial charge in [0.1, 0.15) is 0 Å². The average molecular weight is 419 g/mol. The topological polar surface area (TPSA) is 90.3 Å². The van der Waals surface area contributed by atoms with Crippen LogP contribution in [0.5, 0.6) is 0 Å². The average Bonchev–Trinajstić information content (AvgIpc) is 2.79. The number of hydrogen-bond acceptors (Lipinski definition) is 5. The quantitative estimate of drug-likeness (QED) is 0.642. The van der Waals surface area contributed by atoms with Crippen molar-refractivity contribution in [2.75, 3.05) is 0 Å². The molecule has 2 aromatic carbocycles. The van der Waals surface area contributed by atoms with Crippen LogP contribution in [0.4, 0.5) is 0 Å². The lowest BCUT2D eigenvalue weighted by Gasteiger charge is -2.27. The Morgan fingerprint density at radius 3 is 2.65 bits per heavy atom. The van der Waals surface area contributed by atoms with E-state index < -0.39 is 12.1 Å². The number of carbonyl (C=O) groups is 2. The maximum Gasteiger partial charge on any atom is 0.360 e. The number of esters is 1. The SMILES string of the molecule is CCn1nc(C(=O)O[C@H](C)C(=O)N[C@@H]2CCCc3ccccc32)c2ccccc2c1=O. The molecule has 0 saturated heterocycles. The van der Waals surface area contributed by atoms with Crippen molar-refractivity contribution in [3.05, 3.63) is 75.7 Å². The fourth-order valence-corrected chi connectivity index (χ4v) is 4.06. The summed E-state index contributed by atoms with van der Waals surface area (Å²) in [7, 11) is 0. The molecule has 7 nitrogen and oxygen atoms in total. The Hall–Kier alpha value is -3.48. The van der Waals surface area contributed by atoms with Crippen LogP contribution < -0.4 is 10.9 Å². The van der Waals surface area contributed by atoms with E-state index in [1.54, 1.807) is 38.1 Å². The number of hydrogen-bond donors (Lipinski definition) is 1. The first-order valence-electron chi connectivity index (χ1n) is 10.6. The second-order valence-electron chi connectivity index (χ2n) is 7.71. The Kier molecular flexibility index (Phi) is 5.84. The van der Waals surface area contributed by atoms with Gasteiger partial charge in [-0.2, -0.15) is 5.10 Å². The summed E-state index contributed by atoms with van der Waals surface area (Å²) in [6, 6.07) is 14.7. The van der Waals surface area contributed by atoms with Crippen LogP contribution in [0.3, 0.4) is 0 Å². The largest absolute Gasteiger partial charge is 0.448 e. The fraction of sp³-hybridized carbons (Fsp3) is 0.333. The second-order valence-corrected chi connectivity index (χ2v) is 7.71. The molecule has 1 N–H and O–H groups in total. The first kappa shape index (κ1) is 20.8. The third kappa shape index (κ3) is 4.08. The van der Waals surface area contributed by atoms with Gasteiger partial charge < -0.3 is 10.1 Å². The number of aryl methyl sites for hydroxylation is 2. The normalized spacial score (nSPS) is 16.4. The summed E-state index contributed by atoms with van der Waals surface area (Å²) < 4.78 is 6.67. The highest BCUT2D eigenvalue weighted by atomic mass is 16.5. The number of ether oxygens (including phenoxy) is 1. The van der Waals surface area contributed by atoms with Crippen molar-refractivity contribution in [1.29, 1.82) is 0 Å². The van der Waals surface area contributed by atoms with Crippen molar-refractivity contribution in [2.24, 2.45) is 0 Å². The second kappa shape index (κ2) is 8.71. The van der Waals surface area contributed by atoms with Crippen molar-refractivity contribution in [2.45, 2.75) is 51.8 Å². The number of fused-ring (bicyclic) bond motifs is 2. The number of nitrogens with one attached hydrogen (secondary N) is 1. The molecule has 3 aromatic rings. The zero-order valence-corrected chi connectivity index (χ0v) is 17.6. The van der Waals surface area contributed by atoms with E-state index in [0.29, 0.717) is 17.3 Å². The zero-order valence-electron chi connectivity index (χ0n) is 17.6. The molecular weight excluding hydrogens is 394 g/mol. The monoisotopic (exact) mass is 419 g/mol. The summed E-state index contributed by atoms with van der Waals surface area (Å²) >= 11 is 0. The van der Waals surface area contributed by atoms with Gasteiger partial charge in [0.25, 0.3) is 11.5 Å². The van der Waals surface area contributed by atoms with Crippen LogP contribution in [0.15, 0.2) is 53.3 Å². The number of benzene rings is 2. The van der Waals surface area contributed by atoms with Crippen molar-refractivity contribution in [1.82, 2.24) is 15.1 Å². The van der Waals surface area contributed by atoms with E-state index in [4.69, 9.17) is 4.74 Å². The molecule has 31 heavy (non-hydrogen) atoms. The zero-order chi connectivity index (χ0) is 22.0. The van der Waals surface area contributed by atoms with Crippen LogP contribution >= 0.6 is 0 Å². The molecule has 0 saturated carbocycles. The van der Waals surface area contributed by atoms with E-state index >= 15 is 0 Å². The number of carbonyl (C=O) groups excluding carboxylic acids is 2. The summed E-state index contributed by atoms with van der Waals surface area (Å²) in [6.45, 7) is 3.64. The molecule has 7 heteroatoms. The van der Waals surface area contributed by atoms with Gasteiger partial charge in [0.15, 0.2) is 11.8 Å². The van der Waals surface area contributed by atoms with Gasteiger partial charge in [0.2, 0.25) is 0 Å². The predicted molar refractivity (Wildman–Crippen MR) is 117 cm³/mol. The lowest BCUT2D eigenvalue weighted by atomic mass is 9.87. The maximum atomic E-state index is 12.9. The molecule has 1 aromatic heterocycles. The summed E-state index contributed by atoms with van der Waals surface area (Å²) in [5.41, 5.74) is 2.11. The Morgan fingerprint density at radius 1 is 1.16 bits per heavy atom. The highest BCUT2D eigenvalue weighted by Crippen LogP contribution is 2.29. The van der Waals surface area contributed by atoms with Crippen molar-refractivity contribution >= 4 is 22.6 Å². The number of rotatable bonds is 5. The van der Waals surface area contributed by atoms with Gasteiger partial charge in [-0.3, -0.25) is 9.59 Å². The third-order valence-corrected chi connectivity index (χ3v) is 5.70. The smallest absolute Gasteiger partial charge is 0.360 e. The highest BCUT2D eigenvalue weighted by Gasteiger charge is 2.27. The fourth-order valence-electron chi connectivity index (χ4n) is 4.06. The number of aromatic nitrogens is 2. The Bertz CT molecular complexity index is 1200. The summed E-state index contributed by atoms with van der Waals surface area (Å²) in [4.78, 5) is 38.1. The van der Waals surface area contributed by atoms with Gasteiger partial charge in [0.05, 0.1) is 11.4 Å². The maximum absolute atomic E-state index is 12.9. The molecule has 0 bridgehead atoms. The van der Waals surface area contributed by atoms with Crippen LogP contribution in [0.25, 0.3) is 10.8 Å². The number of nitrogens with zero attached hydrogens (tertiary/aromatic N) is 2. The van der Waals surface area contributed by atoms with Crippen molar-refractivity contribution in [3.8, 4) is 0 Å². The van der Waals surface area contributed by atoms with E-state index in [2.05, 4.69) is 16.5 Å². The summed E-state index contributed by atoms with van der Waals surface area (Å²) in [6.07, 6.45) is 1.84. The van der Waals surface area contributed by atoms with Crippen LogP contribution in [-0.2, 0) is 22.5 Å². The molecule has 2 atom stereocenters. The molecule has 0 aliphatic heterocycles. The summed E-state index contributed by atoms with van der Waals surface area (Å²) in [5.74, 6) is -1.09. The van der Waals surface area contributed by atoms with E-state index in [1.165, 1.54) is 10.2 Å². The van der Waals surface area contributed by atoms with Crippen LogP contribution in [0, 0.1) is 0 Å². The Balaban J connectivity index is 1.52. The molecule has 0 unspecified atom stereocenters. The minimum atomic E-state index is -0.996. The van der Waals surface area contributed by atoms with Crippen molar-refractivity contribution < 1.29 is 14.3 Å². The van der Waals surface area contributed by atoms with Gasteiger partial charge in [-0.05, 0) is 50.3 Å². The van der Waals surface area contributed by atoms with Crippen LogP contribution in [0.1, 0.15) is 54.3 Å². The lowest BCUT2D eigenvalue weighted by Crippen LogP contribution is -2.39. The standard InChI is InChI=1S/C24H25N3O4/c1-3-27-23(29)19-13-7-6-12-18(19)21(26-27)24(30)31-15(2)22(28)25-20-14-8-10-16-9-4-5-11-17(16)20/h4-7,9,11-13,15,20H,3,8,10,14H2,1-2H3,(H,25,28)/t15-,20-/m1/s1. The molecule has 1 amide bonds. The van der Waals surface area contributed by atoms with Gasteiger partial charge in [-0.15, -0.1) is 0 Å². The van der Waals surface area contributed by atoms with Crippen molar-refractivity contribution in [3.63, 3.8) is 0 Å². The highest BCUT2D eigenvalue weighted by molar-refractivity contribution is 6.02.